The molecule has 130 valence electrons. The number of rotatable bonds is 5. The number of hydrogen-bond acceptors (Lipinski definition) is 4. The highest BCUT2D eigenvalue weighted by molar-refractivity contribution is 6.54. The molecule has 1 saturated heterocycles. The van der Waals surface area contributed by atoms with E-state index in [-0.39, 0.29) is 11.5 Å². The number of methoxy groups -OCH3 is 1. The van der Waals surface area contributed by atoms with Crippen molar-refractivity contribution >= 4 is 13.2 Å². The summed E-state index contributed by atoms with van der Waals surface area (Å²) in [5, 5.41) is 10.1. The first-order valence-corrected chi connectivity index (χ1v) is 7.85. The minimum absolute atomic E-state index is 0.0330. The molecule has 0 radical (unpaired) electrons. The molecule has 0 amide bonds. The van der Waals surface area contributed by atoms with Gasteiger partial charge >= 0.3 is 7.12 Å². The van der Waals surface area contributed by atoms with Crippen LogP contribution in [0.3, 0.4) is 0 Å². The van der Waals surface area contributed by atoms with Crippen molar-refractivity contribution in [3.05, 3.63) is 41.6 Å². The Morgan fingerprint density at radius 3 is 2.38 bits per heavy atom. The highest BCUT2D eigenvalue weighted by atomic mass is 19.1. The highest BCUT2D eigenvalue weighted by Gasteiger charge is 2.53. The predicted octanol–water partition coefficient (Wildman–Crippen LogP) is 4.07. The summed E-state index contributed by atoms with van der Waals surface area (Å²) >= 11 is 0. The molecule has 1 aromatic carbocycles. The predicted molar refractivity (Wildman–Crippen MR) is 93.7 cm³/mol. The van der Waals surface area contributed by atoms with Gasteiger partial charge in [0.1, 0.15) is 5.73 Å². The summed E-state index contributed by atoms with van der Waals surface area (Å²) in [6.07, 6.45) is 3.44. The summed E-state index contributed by atoms with van der Waals surface area (Å²) < 4.78 is 31.2. The molecule has 0 aromatic heterocycles. The number of hydrogen-bond donors (Lipinski definition) is 1. The number of phenolic OH excluding ortho intramolecular Hbond substituents is 1. The Morgan fingerprint density at radius 2 is 1.88 bits per heavy atom. The lowest BCUT2D eigenvalue weighted by Gasteiger charge is -2.32. The molecule has 4 nitrogen and oxygen atoms in total. The molecule has 0 spiro atoms. The van der Waals surface area contributed by atoms with E-state index in [0.29, 0.717) is 17.5 Å². The molecule has 1 aromatic rings. The fraction of sp³-hybridized carbons (Fsp3) is 0.444. The third-order valence-corrected chi connectivity index (χ3v) is 4.54. The van der Waals surface area contributed by atoms with Gasteiger partial charge in [0.05, 0.1) is 18.3 Å². The Morgan fingerprint density at radius 1 is 1.29 bits per heavy atom. The van der Waals surface area contributed by atoms with Crippen LogP contribution in [-0.2, 0) is 15.7 Å². The SMILES string of the molecule is C=CCc1cc(C=C(F)B2OC(C)(C)C(C)(C)O2)cc(OC)c1O. The molecule has 1 fully saturated rings. The van der Waals surface area contributed by atoms with E-state index in [1.54, 1.807) is 18.2 Å². The Kier molecular flexibility index (Phi) is 5.11. The molecular weight excluding hydrogens is 310 g/mol. The summed E-state index contributed by atoms with van der Waals surface area (Å²) in [6.45, 7) is 11.1. The second kappa shape index (κ2) is 6.61. The zero-order chi connectivity index (χ0) is 18.1. The maximum atomic E-state index is 14.6. The lowest BCUT2D eigenvalue weighted by atomic mass is 9.86. The van der Waals surface area contributed by atoms with Crippen molar-refractivity contribution in [2.45, 2.75) is 45.3 Å². The summed E-state index contributed by atoms with van der Waals surface area (Å²) in [7, 11) is 0.392. The molecule has 1 aliphatic heterocycles. The first kappa shape index (κ1) is 18.6. The fourth-order valence-electron chi connectivity index (χ4n) is 2.42. The van der Waals surface area contributed by atoms with Crippen LogP contribution < -0.4 is 4.74 Å². The molecule has 1 aliphatic rings. The van der Waals surface area contributed by atoms with E-state index in [0.717, 1.165) is 0 Å². The first-order valence-electron chi connectivity index (χ1n) is 7.85. The van der Waals surface area contributed by atoms with Crippen molar-refractivity contribution in [1.82, 2.24) is 0 Å². The standard InChI is InChI=1S/C18H24BFO4/c1-7-8-13-9-12(10-14(22-6)16(13)21)11-15(20)19-23-17(2,3)18(4,5)24-19/h7,9-11,21H,1,8H2,2-6H3. The zero-order valence-electron chi connectivity index (χ0n) is 14.9. The van der Waals surface area contributed by atoms with Crippen LogP contribution in [0.5, 0.6) is 11.5 Å². The molecule has 0 unspecified atom stereocenters. The number of aromatic hydroxyl groups is 1. The average Bonchev–Trinajstić information content (AvgIpc) is 2.71. The van der Waals surface area contributed by atoms with Crippen LogP contribution in [0.4, 0.5) is 4.39 Å². The van der Waals surface area contributed by atoms with Crippen molar-refractivity contribution in [2.24, 2.45) is 0 Å². The van der Waals surface area contributed by atoms with Crippen LogP contribution in [0.1, 0.15) is 38.8 Å². The van der Waals surface area contributed by atoms with Crippen molar-refractivity contribution in [3.63, 3.8) is 0 Å². The molecule has 0 atom stereocenters. The highest BCUT2D eigenvalue weighted by Crippen LogP contribution is 2.39. The molecule has 24 heavy (non-hydrogen) atoms. The van der Waals surface area contributed by atoms with Crippen LogP contribution in [-0.4, -0.2) is 30.5 Å². The van der Waals surface area contributed by atoms with Gasteiger partial charge in [-0.25, -0.2) is 4.39 Å². The second-order valence-electron chi connectivity index (χ2n) is 6.84. The van der Waals surface area contributed by atoms with Gasteiger partial charge in [0.25, 0.3) is 0 Å². The number of benzene rings is 1. The van der Waals surface area contributed by atoms with Gasteiger partial charge < -0.3 is 19.2 Å². The van der Waals surface area contributed by atoms with Crippen molar-refractivity contribution in [3.8, 4) is 11.5 Å². The van der Waals surface area contributed by atoms with E-state index in [1.807, 2.05) is 27.7 Å². The molecule has 2 rings (SSSR count). The van der Waals surface area contributed by atoms with E-state index in [2.05, 4.69) is 6.58 Å². The summed E-state index contributed by atoms with van der Waals surface area (Å²) in [4.78, 5) is 0. The third-order valence-electron chi connectivity index (χ3n) is 4.54. The van der Waals surface area contributed by atoms with Crippen LogP contribution >= 0.6 is 0 Å². The minimum Gasteiger partial charge on any atom is -0.504 e. The molecule has 6 heteroatoms. The van der Waals surface area contributed by atoms with Crippen LogP contribution in [0, 0.1) is 0 Å². The molecule has 1 N–H and O–H groups in total. The van der Waals surface area contributed by atoms with Gasteiger partial charge in [-0.05, 0) is 57.9 Å². The van der Waals surface area contributed by atoms with Gasteiger partial charge in [-0.3, -0.25) is 0 Å². The van der Waals surface area contributed by atoms with Crippen molar-refractivity contribution in [2.75, 3.05) is 7.11 Å². The minimum atomic E-state index is -1.06. The van der Waals surface area contributed by atoms with Crippen molar-refractivity contribution in [1.29, 1.82) is 0 Å². The Hall–Kier alpha value is -1.79. The van der Waals surface area contributed by atoms with Gasteiger partial charge in [-0.2, -0.15) is 0 Å². The fourth-order valence-corrected chi connectivity index (χ4v) is 2.42. The van der Waals surface area contributed by atoms with E-state index < -0.39 is 24.0 Å². The van der Waals surface area contributed by atoms with E-state index in [9.17, 15) is 9.50 Å². The maximum absolute atomic E-state index is 14.6. The zero-order valence-corrected chi connectivity index (χ0v) is 14.9. The molecule has 0 bridgehead atoms. The molecule has 1 heterocycles. The quantitative estimate of drug-likeness (QED) is 0.651. The largest absolute Gasteiger partial charge is 0.525 e. The third kappa shape index (κ3) is 3.49. The first-order chi connectivity index (χ1) is 11.1. The molecule has 0 saturated carbocycles. The number of phenols is 1. The Balaban J connectivity index is 2.34. The van der Waals surface area contributed by atoms with E-state index >= 15 is 0 Å². The number of ether oxygens (including phenoxy) is 1. The van der Waals surface area contributed by atoms with Crippen molar-refractivity contribution < 1.29 is 23.5 Å². The van der Waals surface area contributed by atoms with Gasteiger partial charge in [-0.1, -0.05) is 6.08 Å². The van der Waals surface area contributed by atoms with Crippen LogP contribution in [0.25, 0.3) is 6.08 Å². The van der Waals surface area contributed by atoms with E-state index in [1.165, 1.54) is 13.2 Å². The molecule has 0 aliphatic carbocycles. The molecular formula is C18H24BFO4. The Labute approximate surface area is 143 Å². The summed E-state index contributed by atoms with van der Waals surface area (Å²) in [6, 6.07) is 3.25. The lowest BCUT2D eigenvalue weighted by molar-refractivity contribution is 0.00578. The van der Waals surface area contributed by atoms with Crippen LogP contribution in [0.15, 0.2) is 30.5 Å². The summed E-state index contributed by atoms with van der Waals surface area (Å²) in [5.41, 5.74) is -0.593. The van der Waals surface area contributed by atoms with E-state index in [4.69, 9.17) is 14.0 Å². The average molecular weight is 334 g/mol. The smallest absolute Gasteiger partial charge is 0.504 e. The second-order valence-corrected chi connectivity index (χ2v) is 6.84. The number of allylic oxidation sites excluding steroid dienone is 1. The van der Waals surface area contributed by atoms with Gasteiger partial charge in [0, 0.05) is 5.56 Å². The summed E-state index contributed by atoms with van der Waals surface area (Å²) in [5.74, 6) is 0.313. The van der Waals surface area contributed by atoms with Gasteiger partial charge in [-0.15, -0.1) is 6.58 Å². The van der Waals surface area contributed by atoms with Gasteiger partial charge in [0.2, 0.25) is 0 Å². The topological polar surface area (TPSA) is 47.9 Å². The Bertz CT molecular complexity index is 651. The van der Waals surface area contributed by atoms with Gasteiger partial charge in [0.15, 0.2) is 11.5 Å². The monoisotopic (exact) mass is 334 g/mol. The lowest BCUT2D eigenvalue weighted by Crippen LogP contribution is -2.41. The maximum Gasteiger partial charge on any atom is 0.525 e. The normalized spacial score (nSPS) is 19.4. The van der Waals surface area contributed by atoms with Crippen LogP contribution in [0.2, 0.25) is 0 Å². The number of halogens is 1.